The Morgan fingerprint density at radius 2 is 1.72 bits per heavy atom. The second-order valence-electron chi connectivity index (χ2n) is 7.32. The van der Waals surface area contributed by atoms with E-state index in [1.165, 1.54) is 0 Å². The third-order valence-corrected chi connectivity index (χ3v) is 5.13. The highest BCUT2D eigenvalue weighted by Crippen LogP contribution is 2.19. The molecule has 1 fully saturated rings. The van der Waals surface area contributed by atoms with Gasteiger partial charge in [-0.25, -0.2) is 0 Å². The van der Waals surface area contributed by atoms with Crippen LogP contribution in [0.5, 0.6) is 11.5 Å². The third kappa shape index (κ3) is 5.28. The van der Waals surface area contributed by atoms with Crippen molar-refractivity contribution in [3.8, 4) is 11.5 Å². The van der Waals surface area contributed by atoms with Crippen molar-refractivity contribution >= 4 is 11.8 Å². The van der Waals surface area contributed by atoms with Gasteiger partial charge in [0.2, 0.25) is 0 Å². The summed E-state index contributed by atoms with van der Waals surface area (Å²) in [6, 6.07) is 13.1. The summed E-state index contributed by atoms with van der Waals surface area (Å²) in [7, 11) is 1.58. The summed E-state index contributed by atoms with van der Waals surface area (Å²) < 4.78 is 10.9. The molecule has 2 aromatic rings. The Morgan fingerprint density at radius 3 is 2.48 bits per heavy atom. The first kappa shape index (κ1) is 20.7. The van der Waals surface area contributed by atoms with E-state index in [-0.39, 0.29) is 18.4 Å². The number of methoxy groups -OCH3 is 1. The first-order valence-corrected chi connectivity index (χ1v) is 9.89. The lowest BCUT2D eigenvalue weighted by Crippen LogP contribution is -2.39. The third-order valence-electron chi connectivity index (χ3n) is 5.13. The molecule has 154 valence electrons. The summed E-state index contributed by atoms with van der Waals surface area (Å²) in [6.07, 6.45) is 0.741. The van der Waals surface area contributed by atoms with E-state index < -0.39 is 0 Å². The maximum atomic E-state index is 12.8. The molecule has 0 atom stereocenters. The van der Waals surface area contributed by atoms with Crippen molar-refractivity contribution in [2.75, 3.05) is 39.9 Å². The second kappa shape index (κ2) is 9.45. The monoisotopic (exact) mass is 396 g/mol. The van der Waals surface area contributed by atoms with Crippen LogP contribution in [-0.4, -0.2) is 61.5 Å². The molecule has 6 heteroatoms. The van der Waals surface area contributed by atoms with E-state index in [4.69, 9.17) is 9.47 Å². The summed E-state index contributed by atoms with van der Waals surface area (Å²) in [4.78, 5) is 29.0. The van der Waals surface area contributed by atoms with Crippen molar-refractivity contribution in [3.63, 3.8) is 0 Å². The fourth-order valence-corrected chi connectivity index (χ4v) is 3.50. The maximum Gasteiger partial charge on any atom is 0.260 e. The molecule has 0 bridgehead atoms. The minimum atomic E-state index is -0.0549. The number of amides is 2. The molecule has 0 unspecified atom stereocenters. The average molecular weight is 396 g/mol. The van der Waals surface area contributed by atoms with Gasteiger partial charge in [-0.3, -0.25) is 9.59 Å². The van der Waals surface area contributed by atoms with Crippen molar-refractivity contribution in [3.05, 3.63) is 59.2 Å². The molecule has 2 aromatic carbocycles. The lowest BCUT2D eigenvalue weighted by molar-refractivity contribution is -0.133. The van der Waals surface area contributed by atoms with Gasteiger partial charge in [0.25, 0.3) is 11.8 Å². The summed E-state index contributed by atoms with van der Waals surface area (Å²) in [5.74, 6) is 1.30. The van der Waals surface area contributed by atoms with Gasteiger partial charge in [0.05, 0.1) is 7.11 Å². The average Bonchev–Trinajstić information content (AvgIpc) is 2.99. The van der Waals surface area contributed by atoms with Crippen molar-refractivity contribution in [1.82, 2.24) is 9.80 Å². The molecule has 1 saturated heterocycles. The molecule has 0 aliphatic carbocycles. The largest absolute Gasteiger partial charge is 0.497 e. The number of rotatable bonds is 5. The number of nitrogens with zero attached hydrogens (tertiary/aromatic N) is 2. The Balaban J connectivity index is 1.56. The molecule has 0 N–H and O–H groups in total. The van der Waals surface area contributed by atoms with Crippen LogP contribution in [0.1, 0.15) is 27.9 Å². The van der Waals surface area contributed by atoms with Gasteiger partial charge in [-0.05, 0) is 50.1 Å². The molecule has 0 saturated carbocycles. The van der Waals surface area contributed by atoms with Crippen LogP contribution in [0.2, 0.25) is 0 Å². The van der Waals surface area contributed by atoms with Crippen LogP contribution < -0.4 is 9.47 Å². The van der Waals surface area contributed by atoms with E-state index in [2.05, 4.69) is 0 Å². The zero-order valence-corrected chi connectivity index (χ0v) is 17.3. The molecular formula is C23H28N2O4. The fourth-order valence-electron chi connectivity index (χ4n) is 3.50. The number of benzene rings is 2. The maximum absolute atomic E-state index is 12.8. The molecule has 0 aromatic heterocycles. The standard InChI is InChI=1S/C23H28N2O4/c1-17-8-9-21(18(2)14-17)29-16-22(26)24-10-5-11-25(13-12-24)23(27)19-6-4-7-20(15-19)28-3/h4,6-9,14-15H,5,10-13,16H2,1-3H3. The van der Waals surface area contributed by atoms with E-state index in [1.54, 1.807) is 29.0 Å². The Morgan fingerprint density at radius 1 is 0.966 bits per heavy atom. The van der Waals surface area contributed by atoms with Gasteiger partial charge in [0.1, 0.15) is 11.5 Å². The minimum Gasteiger partial charge on any atom is -0.497 e. The van der Waals surface area contributed by atoms with Gasteiger partial charge in [-0.1, -0.05) is 23.8 Å². The quantitative estimate of drug-likeness (QED) is 0.779. The molecule has 1 aliphatic rings. The smallest absolute Gasteiger partial charge is 0.260 e. The highest BCUT2D eigenvalue weighted by Gasteiger charge is 2.23. The van der Waals surface area contributed by atoms with Gasteiger partial charge in [0, 0.05) is 31.7 Å². The van der Waals surface area contributed by atoms with Gasteiger partial charge in [-0.2, -0.15) is 0 Å². The Kier molecular flexibility index (Phi) is 6.75. The van der Waals surface area contributed by atoms with E-state index in [1.807, 2.05) is 44.2 Å². The highest BCUT2D eigenvalue weighted by atomic mass is 16.5. The summed E-state index contributed by atoms with van der Waals surface area (Å²) >= 11 is 0. The van der Waals surface area contributed by atoms with Crippen molar-refractivity contribution in [2.24, 2.45) is 0 Å². The van der Waals surface area contributed by atoms with Crippen LogP contribution in [0.25, 0.3) is 0 Å². The minimum absolute atomic E-state index is 0.00767. The van der Waals surface area contributed by atoms with Crippen LogP contribution in [-0.2, 0) is 4.79 Å². The second-order valence-corrected chi connectivity index (χ2v) is 7.32. The Labute approximate surface area is 172 Å². The zero-order valence-electron chi connectivity index (χ0n) is 17.3. The highest BCUT2D eigenvalue weighted by molar-refractivity contribution is 5.94. The molecule has 1 aliphatic heterocycles. The number of hydrogen-bond acceptors (Lipinski definition) is 4. The first-order valence-electron chi connectivity index (χ1n) is 9.89. The summed E-state index contributed by atoms with van der Waals surface area (Å²) in [5, 5.41) is 0. The lowest BCUT2D eigenvalue weighted by Gasteiger charge is -2.22. The van der Waals surface area contributed by atoms with Crippen LogP contribution in [0, 0.1) is 13.8 Å². The van der Waals surface area contributed by atoms with E-state index >= 15 is 0 Å². The van der Waals surface area contributed by atoms with Crippen LogP contribution >= 0.6 is 0 Å². The van der Waals surface area contributed by atoms with Crippen LogP contribution in [0.15, 0.2) is 42.5 Å². The summed E-state index contributed by atoms with van der Waals surface area (Å²) in [5.41, 5.74) is 2.78. The SMILES string of the molecule is COc1cccc(C(=O)N2CCCN(C(=O)COc3ccc(C)cc3C)CC2)c1. The number of carbonyl (C=O) groups is 2. The van der Waals surface area contributed by atoms with Crippen molar-refractivity contribution < 1.29 is 19.1 Å². The molecular weight excluding hydrogens is 368 g/mol. The topological polar surface area (TPSA) is 59.1 Å². The van der Waals surface area contributed by atoms with Gasteiger partial charge >= 0.3 is 0 Å². The fraction of sp³-hybridized carbons (Fsp3) is 0.391. The normalized spacial score (nSPS) is 14.3. The van der Waals surface area contributed by atoms with Crippen molar-refractivity contribution in [1.29, 1.82) is 0 Å². The molecule has 2 amide bonds. The first-order chi connectivity index (χ1) is 14.0. The predicted molar refractivity (Wildman–Crippen MR) is 112 cm³/mol. The van der Waals surface area contributed by atoms with Crippen LogP contribution in [0.4, 0.5) is 0 Å². The predicted octanol–water partition coefficient (Wildman–Crippen LogP) is 3.07. The Hall–Kier alpha value is -3.02. The number of carbonyl (C=O) groups excluding carboxylic acids is 2. The van der Waals surface area contributed by atoms with Gasteiger partial charge in [-0.15, -0.1) is 0 Å². The molecule has 6 nitrogen and oxygen atoms in total. The van der Waals surface area contributed by atoms with Crippen molar-refractivity contribution in [2.45, 2.75) is 20.3 Å². The molecule has 0 spiro atoms. The number of ether oxygens (including phenoxy) is 2. The number of hydrogen-bond donors (Lipinski definition) is 0. The van der Waals surface area contributed by atoms with E-state index in [0.29, 0.717) is 37.5 Å². The van der Waals surface area contributed by atoms with Gasteiger partial charge in [0.15, 0.2) is 6.61 Å². The Bertz CT molecular complexity index is 881. The molecule has 0 radical (unpaired) electrons. The van der Waals surface area contributed by atoms with Gasteiger partial charge < -0.3 is 19.3 Å². The van der Waals surface area contributed by atoms with E-state index in [9.17, 15) is 9.59 Å². The van der Waals surface area contributed by atoms with Crippen LogP contribution in [0.3, 0.4) is 0 Å². The molecule has 29 heavy (non-hydrogen) atoms. The zero-order chi connectivity index (χ0) is 20.8. The molecule has 3 rings (SSSR count). The number of aryl methyl sites for hydroxylation is 2. The molecule has 1 heterocycles. The lowest BCUT2D eigenvalue weighted by atomic mass is 10.1. The van der Waals surface area contributed by atoms with E-state index in [0.717, 1.165) is 23.3 Å². The summed E-state index contributed by atoms with van der Waals surface area (Å²) in [6.45, 7) is 6.26.